The van der Waals surface area contributed by atoms with Crippen molar-refractivity contribution in [3.05, 3.63) is 56.7 Å². The molecule has 1 atom stereocenters. The van der Waals surface area contributed by atoms with Gasteiger partial charge in [-0.25, -0.2) is 4.79 Å². The van der Waals surface area contributed by atoms with Gasteiger partial charge < -0.3 is 10.1 Å². The Labute approximate surface area is 140 Å². The lowest BCUT2D eigenvalue weighted by Crippen LogP contribution is -2.12. The Hall–Kier alpha value is -1.40. The second kappa shape index (κ2) is 7.04. The zero-order valence-corrected chi connectivity index (χ0v) is 14.7. The second-order valence-corrected chi connectivity index (χ2v) is 6.22. The first-order valence-electron chi connectivity index (χ1n) is 6.26. The Morgan fingerprint density at radius 3 is 2.76 bits per heavy atom. The summed E-state index contributed by atoms with van der Waals surface area (Å²) >= 11 is 6.86. The number of nitrogens with one attached hydrogen (secondary N) is 1. The molecule has 0 saturated carbocycles. The molecule has 6 heteroatoms. The number of methoxy groups -OCH3 is 1. The molecular formula is C15H14Br2N2O2. The van der Waals surface area contributed by atoms with Gasteiger partial charge in [0.25, 0.3) is 0 Å². The third-order valence-corrected chi connectivity index (χ3v) is 4.09. The lowest BCUT2D eigenvalue weighted by atomic mass is 10.1. The number of hydrogen-bond acceptors (Lipinski definition) is 4. The van der Waals surface area contributed by atoms with Crippen LogP contribution < -0.4 is 5.32 Å². The quantitative estimate of drug-likeness (QED) is 0.746. The monoisotopic (exact) mass is 412 g/mol. The van der Waals surface area contributed by atoms with Gasteiger partial charge in [-0.1, -0.05) is 22.0 Å². The number of esters is 1. The van der Waals surface area contributed by atoms with E-state index in [1.807, 2.05) is 25.1 Å². The maximum Gasteiger partial charge on any atom is 0.340 e. The average Bonchev–Trinajstić information content (AvgIpc) is 2.49. The highest BCUT2D eigenvalue weighted by Gasteiger charge is 2.18. The van der Waals surface area contributed by atoms with E-state index in [-0.39, 0.29) is 6.04 Å². The van der Waals surface area contributed by atoms with Crippen LogP contribution in [0, 0.1) is 0 Å². The SMILES string of the molecule is COC(=O)c1cc(Br)cc(Br)c1NC(C)c1cccnc1. The summed E-state index contributed by atoms with van der Waals surface area (Å²) in [4.78, 5) is 16.0. The first-order valence-corrected chi connectivity index (χ1v) is 7.85. The van der Waals surface area contributed by atoms with Crippen LogP contribution in [0.5, 0.6) is 0 Å². The van der Waals surface area contributed by atoms with Crippen LogP contribution in [0.3, 0.4) is 0 Å². The number of rotatable bonds is 4. The van der Waals surface area contributed by atoms with Crippen molar-refractivity contribution in [2.24, 2.45) is 0 Å². The molecule has 0 amide bonds. The van der Waals surface area contributed by atoms with Crippen LogP contribution in [0.15, 0.2) is 45.6 Å². The molecule has 0 aliphatic heterocycles. The molecule has 2 rings (SSSR count). The van der Waals surface area contributed by atoms with Crippen molar-refractivity contribution in [2.75, 3.05) is 12.4 Å². The molecule has 110 valence electrons. The molecule has 1 aromatic carbocycles. The van der Waals surface area contributed by atoms with Gasteiger partial charge in [0.1, 0.15) is 0 Å². The molecule has 0 saturated heterocycles. The summed E-state index contributed by atoms with van der Waals surface area (Å²) in [6.45, 7) is 2.01. The lowest BCUT2D eigenvalue weighted by molar-refractivity contribution is 0.0601. The van der Waals surface area contributed by atoms with E-state index >= 15 is 0 Å². The van der Waals surface area contributed by atoms with Crippen LogP contribution in [-0.2, 0) is 4.74 Å². The number of carbonyl (C=O) groups excluding carboxylic acids is 1. The Balaban J connectivity index is 2.37. The van der Waals surface area contributed by atoms with Gasteiger partial charge in [0.15, 0.2) is 0 Å². The topological polar surface area (TPSA) is 51.2 Å². The molecule has 1 N–H and O–H groups in total. The lowest BCUT2D eigenvalue weighted by Gasteiger charge is -2.19. The third-order valence-electron chi connectivity index (χ3n) is 3.01. The van der Waals surface area contributed by atoms with E-state index in [1.165, 1.54) is 7.11 Å². The van der Waals surface area contributed by atoms with Gasteiger partial charge in [0.2, 0.25) is 0 Å². The van der Waals surface area contributed by atoms with E-state index < -0.39 is 5.97 Å². The van der Waals surface area contributed by atoms with Gasteiger partial charge in [0, 0.05) is 21.3 Å². The summed E-state index contributed by atoms with van der Waals surface area (Å²) in [7, 11) is 1.37. The number of hydrogen-bond donors (Lipinski definition) is 1. The smallest absolute Gasteiger partial charge is 0.340 e. The van der Waals surface area contributed by atoms with Crippen LogP contribution in [-0.4, -0.2) is 18.1 Å². The number of anilines is 1. The van der Waals surface area contributed by atoms with Crippen molar-refractivity contribution >= 4 is 43.5 Å². The highest BCUT2D eigenvalue weighted by Crippen LogP contribution is 2.33. The number of benzene rings is 1. The normalized spacial score (nSPS) is 11.8. The van der Waals surface area contributed by atoms with Crippen LogP contribution in [0.25, 0.3) is 0 Å². The molecule has 1 unspecified atom stereocenters. The van der Waals surface area contributed by atoms with Gasteiger partial charge >= 0.3 is 5.97 Å². The van der Waals surface area contributed by atoms with E-state index in [1.54, 1.807) is 18.5 Å². The van der Waals surface area contributed by atoms with E-state index in [0.717, 1.165) is 14.5 Å². The first-order chi connectivity index (χ1) is 10.0. The molecule has 21 heavy (non-hydrogen) atoms. The molecule has 0 aliphatic carbocycles. The van der Waals surface area contributed by atoms with E-state index in [4.69, 9.17) is 4.74 Å². The van der Waals surface area contributed by atoms with Crippen molar-refractivity contribution in [2.45, 2.75) is 13.0 Å². The zero-order chi connectivity index (χ0) is 15.4. The summed E-state index contributed by atoms with van der Waals surface area (Å²) in [6.07, 6.45) is 3.52. The van der Waals surface area contributed by atoms with Crippen molar-refractivity contribution < 1.29 is 9.53 Å². The number of pyridine rings is 1. The van der Waals surface area contributed by atoms with Gasteiger partial charge in [0.05, 0.1) is 24.4 Å². The van der Waals surface area contributed by atoms with E-state index in [9.17, 15) is 4.79 Å². The third kappa shape index (κ3) is 3.83. The summed E-state index contributed by atoms with van der Waals surface area (Å²) in [5.41, 5.74) is 2.19. The van der Waals surface area contributed by atoms with Crippen molar-refractivity contribution in [1.82, 2.24) is 4.98 Å². The Morgan fingerprint density at radius 2 is 2.14 bits per heavy atom. The molecule has 0 fully saturated rings. The highest BCUT2D eigenvalue weighted by atomic mass is 79.9. The maximum atomic E-state index is 11.9. The zero-order valence-electron chi connectivity index (χ0n) is 11.6. The minimum absolute atomic E-state index is 0.000387. The van der Waals surface area contributed by atoms with Crippen molar-refractivity contribution in [3.8, 4) is 0 Å². The largest absolute Gasteiger partial charge is 0.465 e. The fourth-order valence-electron chi connectivity index (χ4n) is 1.92. The average molecular weight is 414 g/mol. The molecular weight excluding hydrogens is 400 g/mol. The molecule has 1 heterocycles. The van der Waals surface area contributed by atoms with Crippen LogP contribution in [0.1, 0.15) is 28.9 Å². The highest BCUT2D eigenvalue weighted by molar-refractivity contribution is 9.11. The molecule has 0 spiro atoms. The summed E-state index contributed by atoms with van der Waals surface area (Å²) in [5.74, 6) is -0.391. The summed E-state index contributed by atoms with van der Waals surface area (Å²) < 4.78 is 6.43. The van der Waals surface area contributed by atoms with Gasteiger partial charge in [-0.15, -0.1) is 0 Å². The predicted octanol–water partition coefficient (Wildman–Crippen LogP) is 4.57. The minimum atomic E-state index is -0.391. The maximum absolute atomic E-state index is 11.9. The van der Waals surface area contributed by atoms with Gasteiger partial charge in [-0.05, 0) is 46.6 Å². The van der Waals surface area contributed by atoms with Gasteiger partial charge in [-0.3, -0.25) is 4.98 Å². The van der Waals surface area contributed by atoms with Crippen LogP contribution in [0.4, 0.5) is 5.69 Å². The number of nitrogens with zero attached hydrogens (tertiary/aromatic N) is 1. The Kier molecular flexibility index (Phi) is 5.36. The predicted molar refractivity (Wildman–Crippen MR) is 89.5 cm³/mol. The van der Waals surface area contributed by atoms with E-state index in [0.29, 0.717) is 11.3 Å². The summed E-state index contributed by atoms with van der Waals surface area (Å²) in [5, 5.41) is 3.33. The number of halogens is 2. The number of ether oxygens (including phenoxy) is 1. The molecule has 0 aliphatic rings. The van der Waals surface area contributed by atoms with Crippen LogP contribution >= 0.6 is 31.9 Å². The second-order valence-electron chi connectivity index (χ2n) is 4.45. The first kappa shape index (κ1) is 16.0. The standard InChI is InChI=1S/C15H14Br2N2O2/c1-9(10-4-3-5-18-8-10)19-14-12(15(20)21-2)6-11(16)7-13(14)17/h3-9,19H,1-2H3. The molecule has 4 nitrogen and oxygen atoms in total. The Morgan fingerprint density at radius 1 is 1.38 bits per heavy atom. The fraction of sp³-hybridized carbons (Fsp3) is 0.200. The van der Waals surface area contributed by atoms with Crippen LogP contribution in [0.2, 0.25) is 0 Å². The summed E-state index contributed by atoms with van der Waals surface area (Å²) in [6, 6.07) is 7.47. The fourth-order valence-corrected chi connectivity index (χ4v) is 3.26. The van der Waals surface area contributed by atoms with Gasteiger partial charge in [-0.2, -0.15) is 0 Å². The minimum Gasteiger partial charge on any atom is -0.465 e. The van der Waals surface area contributed by atoms with Crippen molar-refractivity contribution in [1.29, 1.82) is 0 Å². The van der Waals surface area contributed by atoms with Crippen molar-refractivity contribution in [3.63, 3.8) is 0 Å². The molecule has 1 aromatic heterocycles. The molecule has 0 bridgehead atoms. The van der Waals surface area contributed by atoms with E-state index in [2.05, 4.69) is 42.2 Å². The molecule has 0 radical (unpaired) electrons. The number of aromatic nitrogens is 1. The molecule has 2 aromatic rings. The Bertz CT molecular complexity index is 648. The number of carbonyl (C=O) groups is 1.